The summed E-state index contributed by atoms with van der Waals surface area (Å²) in [4.78, 5) is 14.4. The second-order valence-electron chi connectivity index (χ2n) is 2.62. The van der Waals surface area contributed by atoms with E-state index >= 15 is 0 Å². The maximum atomic E-state index is 10.5. The molecule has 3 heteroatoms. The summed E-state index contributed by atoms with van der Waals surface area (Å²) in [5.41, 5.74) is 5.24. The Morgan fingerprint density at radius 3 is 2.82 bits per heavy atom. The van der Waals surface area contributed by atoms with E-state index in [1.165, 1.54) is 0 Å². The molecule has 0 aliphatic rings. The fourth-order valence-electron chi connectivity index (χ4n) is 0.742. The molecule has 2 N–H and O–H groups in total. The molecule has 0 aliphatic heterocycles. The average molecular weight is 150 g/mol. The van der Waals surface area contributed by atoms with Gasteiger partial charge in [-0.1, -0.05) is 6.07 Å². The van der Waals surface area contributed by atoms with E-state index in [4.69, 9.17) is 5.73 Å². The molecule has 58 valence electrons. The molecule has 0 amide bonds. The van der Waals surface area contributed by atoms with Crippen molar-refractivity contribution in [1.29, 1.82) is 0 Å². The van der Waals surface area contributed by atoms with Gasteiger partial charge in [0.1, 0.15) is 11.8 Å². The predicted octanol–water partition coefficient (Wildman–Crippen LogP) is 0.454. The molecule has 1 atom stereocenters. The van der Waals surface area contributed by atoms with Crippen LogP contribution in [0, 0.1) is 0 Å². The lowest BCUT2D eigenvalue weighted by molar-refractivity contribution is -0.112. The maximum Gasteiger partial charge on any atom is 0.145 e. The van der Waals surface area contributed by atoms with E-state index in [-0.39, 0.29) is 0 Å². The zero-order chi connectivity index (χ0) is 8.32. The summed E-state index contributed by atoms with van der Waals surface area (Å²) in [7, 11) is 0. The summed E-state index contributed by atoms with van der Waals surface area (Å²) in [6, 6.07) is 5.32. The van der Waals surface area contributed by atoms with Gasteiger partial charge in [0, 0.05) is 6.20 Å². The molecule has 0 radical (unpaired) electrons. The van der Waals surface area contributed by atoms with E-state index in [1.54, 1.807) is 31.3 Å². The van der Waals surface area contributed by atoms with Crippen molar-refractivity contribution in [2.75, 3.05) is 0 Å². The van der Waals surface area contributed by atoms with Crippen LogP contribution in [-0.2, 0) is 10.3 Å². The Labute approximate surface area is 65.2 Å². The number of nitrogens with two attached hydrogens (primary N) is 1. The van der Waals surface area contributed by atoms with Crippen LogP contribution in [0.15, 0.2) is 24.4 Å². The van der Waals surface area contributed by atoms with Gasteiger partial charge in [-0.3, -0.25) is 4.98 Å². The minimum Gasteiger partial charge on any atom is -0.314 e. The Morgan fingerprint density at radius 2 is 2.36 bits per heavy atom. The van der Waals surface area contributed by atoms with Gasteiger partial charge in [0.2, 0.25) is 0 Å². The molecule has 1 aromatic rings. The van der Waals surface area contributed by atoms with Crippen molar-refractivity contribution in [3.63, 3.8) is 0 Å². The first-order valence-corrected chi connectivity index (χ1v) is 3.33. The van der Waals surface area contributed by atoms with Gasteiger partial charge in [0.05, 0.1) is 5.69 Å². The Bertz CT molecular complexity index is 244. The number of rotatable bonds is 2. The summed E-state index contributed by atoms with van der Waals surface area (Å²) in [5.74, 6) is 0. The monoisotopic (exact) mass is 150 g/mol. The van der Waals surface area contributed by atoms with Crippen LogP contribution in [0.25, 0.3) is 0 Å². The first-order valence-electron chi connectivity index (χ1n) is 3.33. The zero-order valence-electron chi connectivity index (χ0n) is 6.32. The van der Waals surface area contributed by atoms with E-state index < -0.39 is 5.54 Å². The highest BCUT2D eigenvalue weighted by Crippen LogP contribution is 2.10. The number of carbonyl (C=O) groups excluding carboxylic acids is 1. The minimum atomic E-state index is -0.957. The van der Waals surface area contributed by atoms with Crippen molar-refractivity contribution >= 4 is 6.29 Å². The van der Waals surface area contributed by atoms with Crippen LogP contribution in [0.1, 0.15) is 12.6 Å². The lowest BCUT2D eigenvalue weighted by Gasteiger charge is -2.14. The van der Waals surface area contributed by atoms with Crippen LogP contribution in [0.2, 0.25) is 0 Å². The van der Waals surface area contributed by atoms with Crippen LogP contribution in [0.4, 0.5) is 0 Å². The van der Waals surface area contributed by atoms with E-state index in [9.17, 15) is 4.79 Å². The highest BCUT2D eigenvalue weighted by molar-refractivity contribution is 5.65. The molecule has 0 saturated carbocycles. The van der Waals surface area contributed by atoms with Gasteiger partial charge >= 0.3 is 0 Å². The molecule has 0 saturated heterocycles. The summed E-state index contributed by atoms with van der Waals surface area (Å²) < 4.78 is 0. The molecular weight excluding hydrogens is 140 g/mol. The minimum absolute atomic E-state index is 0.593. The highest BCUT2D eigenvalue weighted by atomic mass is 16.1. The number of aromatic nitrogens is 1. The third kappa shape index (κ3) is 1.62. The molecule has 0 fully saturated rings. The fourth-order valence-corrected chi connectivity index (χ4v) is 0.742. The van der Waals surface area contributed by atoms with Crippen molar-refractivity contribution in [3.05, 3.63) is 30.1 Å². The lowest BCUT2D eigenvalue weighted by Crippen LogP contribution is -2.35. The molecule has 0 unspecified atom stereocenters. The smallest absolute Gasteiger partial charge is 0.145 e. The summed E-state index contributed by atoms with van der Waals surface area (Å²) >= 11 is 0. The first-order chi connectivity index (χ1) is 5.17. The van der Waals surface area contributed by atoms with E-state index in [0.717, 1.165) is 0 Å². The summed E-state index contributed by atoms with van der Waals surface area (Å²) in [5, 5.41) is 0. The molecular formula is C8H10N2O. The topological polar surface area (TPSA) is 56.0 Å². The van der Waals surface area contributed by atoms with Gasteiger partial charge < -0.3 is 10.5 Å². The molecule has 0 spiro atoms. The zero-order valence-corrected chi connectivity index (χ0v) is 6.32. The Balaban J connectivity index is 3.02. The molecule has 3 nitrogen and oxygen atoms in total. The molecule has 0 bridgehead atoms. The van der Waals surface area contributed by atoms with Gasteiger partial charge in [0.25, 0.3) is 0 Å². The molecule has 1 rings (SSSR count). The van der Waals surface area contributed by atoms with Crippen molar-refractivity contribution in [3.8, 4) is 0 Å². The highest BCUT2D eigenvalue weighted by Gasteiger charge is 2.20. The Morgan fingerprint density at radius 1 is 1.64 bits per heavy atom. The van der Waals surface area contributed by atoms with E-state index in [1.807, 2.05) is 0 Å². The number of hydrogen-bond acceptors (Lipinski definition) is 3. The normalized spacial score (nSPS) is 15.5. The molecule has 1 heterocycles. The third-order valence-corrected chi connectivity index (χ3v) is 1.46. The largest absolute Gasteiger partial charge is 0.314 e. The molecule has 11 heavy (non-hydrogen) atoms. The van der Waals surface area contributed by atoms with Gasteiger partial charge in [-0.15, -0.1) is 0 Å². The lowest BCUT2D eigenvalue weighted by atomic mass is 10.0. The Kier molecular flexibility index (Phi) is 2.01. The van der Waals surface area contributed by atoms with Crippen molar-refractivity contribution in [1.82, 2.24) is 4.98 Å². The Hall–Kier alpha value is -1.22. The van der Waals surface area contributed by atoms with Crippen LogP contribution < -0.4 is 5.73 Å². The van der Waals surface area contributed by atoms with Crippen molar-refractivity contribution in [2.24, 2.45) is 5.73 Å². The van der Waals surface area contributed by atoms with Crippen LogP contribution in [0.5, 0.6) is 0 Å². The first kappa shape index (κ1) is 7.88. The van der Waals surface area contributed by atoms with Gasteiger partial charge in [-0.25, -0.2) is 0 Å². The quantitative estimate of drug-likeness (QED) is 0.623. The summed E-state index contributed by atoms with van der Waals surface area (Å²) in [6.07, 6.45) is 2.30. The summed E-state index contributed by atoms with van der Waals surface area (Å²) in [6.45, 7) is 1.63. The SMILES string of the molecule is C[C@@](N)(C=O)c1ccccn1. The molecule has 0 aromatic carbocycles. The molecule has 0 aliphatic carbocycles. The van der Waals surface area contributed by atoms with Crippen LogP contribution >= 0.6 is 0 Å². The third-order valence-electron chi connectivity index (χ3n) is 1.46. The number of pyridine rings is 1. The van der Waals surface area contributed by atoms with Crippen LogP contribution in [0.3, 0.4) is 0 Å². The van der Waals surface area contributed by atoms with Crippen molar-refractivity contribution in [2.45, 2.75) is 12.5 Å². The molecule has 1 aromatic heterocycles. The van der Waals surface area contributed by atoms with Crippen LogP contribution in [-0.4, -0.2) is 11.3 Å². The van der Waals surface area contributed by atoms with E-state index in [2.05, 4.69) is 4.98 Å². The van der Waals surface area contributed by atoms with Gasteiger partial charge in [0.15, 0.2) is 0 Å². The van der Waals surface area contributed by atoms with Gasteiger partial charge in [-0.05, 0) is 19.1 Å². The number of nitrogens with zero attached hydrogens (tertiary/aromatic N) is 1. The average Bonchev–Trinajstić information content (AvgIpc) is 2.06. The fraction of sp³-hybridized carbons (Fsp3) is 0.250. The van der Waals surface area contributed by atoms with E-state index in [0.29, 0.717) is 12.0 Å². The van der Waals surface area contributed by atoms with Gasteiger partial charge in [-0.2, -0.15) is 0 Å². The maximum absolute atomic E-state index is 10.5. The second-order valence-corrected chi connectivity index (χ2v) is 2.62. The number of aldehydes is 1. The van der Waals surface area contributed by atoms with Crippen molar-refractivity contribution < 1.29 is 4.79 Å². The number of hydrogen-bond donors (Lipinski definition) is 1. The second kappa shape index (κ2) is 2.80. The number of carbonyl (C=O) groups is 1. The predicted molar refractivity (Wildman–Crippen MR) is 41.8 cm³/mol. The standard InChI is InChI=1S/C8H10N2O/c1-8(9,6-11)7-4-2-3-5-10-7/h2-6H,9H2,1H3/t8-/m1/s1.